The molecule has 4 nitrogen and oxygen atoms in total. The van der Waals surface area contributed by atoms with Gasteiger partial charge in [-0.05, 0) is 106 Å². The molecule has 4 rings (SSSR count). The van der Waals surface area contributed by atoms with Crippen LogP contribution in [-0.4, -0.2) is 22.7 Å². The number of rotatable bonds is 3. The van der Waals surface area contributed by atoms with Gasteiger partial charge in [0.1, 0.15) is 0 Å². The number of amides is 2. The average Bonchev–Trinajstić information content (AvgIpc) is 2.96. The predicted molar refractivity (Wildman–Crippen MR) is 131 cm³/mol. The van der Waals surface area contributed by atoms with E-state index in [0.29, 0.717) is 22.6 Å². The number of carbonyl (C=O) groups is 2. The standard InChI is InChI=1S/C26H30N2O2S/c1-16(2)28-22-12-17(3)19(13-21(22)18(4)15-26(28,5)6)14-23-24(29)27(25(30)31-23)20-10-8-7-9-11-20/h7-14,16,18H,15H2,1-6H3/b23-14-/t18-/m1/s1. The van der Waals surface area contributed by atoms with Crippen LogP contribution < -0.4 is 9.80 Å². The molecule has 1 saturated heterocycles. The highest BCUT2D eigenvalue weighted by molar-refractivity contribution is 8.19. The Labute approximate surface area is 189 Å². The summed E-state index contributed by atoms with van der Waals surface area (Å²) in [5, 5.41) is -0.251. The molecular weight excluding hydrogens is 404 g/mol. The van der Waals surface area contributed by atoms with Crippen molar-refractivity contribution in [2.75, 3.05) is 9.80 Å². The lowest BCUT2D eigenvalue weighted by Crippen LogP contribution is -2.51. The largest absolute Gasteiger partial charge is 0.364 e. The van der Waals surface area contributed by atoms with Gasteiger partial charge in [0.2, 0.25) is 0 Å². The molecule has 0 unspecified atom stereocenters. The summed E-state index contributed by atoms with van der Waals surface area (Å²) in [5.41, 5.74) is 5.41. The Kier molecular flexibility index (Phi) is 5.50. The number of para-hydroxylation sites is 1. The number of fused-ring (bicyclic) bond motifs is 1. The van der Waals surface area contributed by atoms with Gasteiger partial charge in [-0.2, -0.15) is 0 Å². The van der Waals surface area contributed by atoms with Gasteiger partial charge in [-0.25, -0.2) is 4.90 Å². The van der Waals surface area contributed by atoms with Crippen LogP contribution in [-0.2, 0) is 4.79 Å². The summed E-state index contributed by atoms with van der Waals surface area (Å²) in [5.74, 6) is 0.170. The van der Waals surface area contributed by atoms with Crippen LogP contribution >= 0.6 is 11.8 Å². The third-order valence-corrected chi connectivity index (χ3v) is 7.14. The number of hydrogen-bond donors (Lipinski definition) is 0. The van der Waals surface area contributed by atoms with E-state index in [2.05, 4.69) is 58.6 Å². The number of hydrogen-bond acceptors (Lipinski definition) is 4. The van der Waals surface area contributed by atoms with Crippen molar-refractivity contribution < 1.29 is 9.59 Å². The third-order valence-electron chi connectivity index (χ3n) is 6.27. The Morgan fingerprint density at radius 1 is 1.13 bits per heavy atom. The number of carbonyl (C=O) groups excluding carboxylic acids is 2. The maximum atomic E-state index is 13.0. The minimum absolute atomic E-state index is 0.0902. The molecule has 162 valence electrons. The first kappa shape index (κ1) is 21.7. The van der Waals surface area contributed by atoms with Crippen LogP contribution in [0.1, 0.15) is 63.6 Å². The minimum atomic E-state index is -0.253. The number of thioether (sulfide) groups is 1. The van der Waals surface area contributed by atoms with Crippen LogP contribution in [0.3, 0.4) is 0 Å². The highest BCUT2D eigenvalue weighted by atomic mass is 32.2. The zero-order valence-electron chi connectivity index (χ0n) is 19.1. The number of aryl methyl sites for hydroxylation is 1. The quantitative estimate of drug-likeness (QED) is 0.502. The first-order valence-corrected chi connectivity index (χ1v) is 11.7. The van der Waals surface area contributed by atoms with E-state index in [4.69, 9.17) is 0 Å². The number of anilines is 2. The average molecular weight is 435 g/mol. The van der Waals surface area contributed by atoms with Crippen molar-refractivity contribution >= 4 is 40.4 Å². The highest BCUT2D eigenvalue weighted by Gasteiger charge is 2.39. The Morgan fingerprint density at radius 3 is 2.45 bits per heavy atom. The summed E-state index contributed by atoms with van der Waals surface area (Å²) in [7, 11) is 0. The molecule has 0 aromatic heterocycles. The van der Waals surface area contributed by atoms with Crippen molar-refractivity contribution in [3.63, 3.8) is 0 Å². The molecule has 2 aliphatic rings. The molecule has 0 bridgehead atoms. The zero-order valence-corrected chi connectivity index (χ0v) is 19.9. The van der Waals surface area contributed by atoms with E-state index < -0.39 is 0 Å². The molecule has 1 atom stereocenters. The smallest absolute Gasteiger partial charge is 0.298 e. The van der Waals surface area contributed by atoms with E-state index in [1.807, 2.05) is 24.3 Å². The number of nitrogens with zero attached hydrogens (tertiary/aromatic N) is 2. The molecule has 0 spiro atoms. The van der Waals surface area contributed by atoms with Crippen LogP contribution in [0.4, 0.5) is 16.2 Å². The summed E-state index contributed by atoms with van der Waals surface area (Å²) < 4.78 is 0. The van der Waals surface area contributed by atoms with E-state index in [-0.39, 0.29) is 16.7 Å². The van der Waals surface area contributed by atoms with Crippen LogP contribution in [0.5, 0.6) is 0 Å². The fraction of sp³-hybridized carbons (Fsp3) is 0.385. The van der Waals surface area contributed by atoms with Gasteiger partial charge in [-0.15, -0.1) is 0 Å². The van der Waals surface area contributed by atoms with Crippen LogP contribution in [0, 0.1) is 6.92 Å². The van der Waals surface area contributed by atoms with Gasteiger partial charge in [-0.3, -0.25) is 9.59 Å². The van der Waals surface area contributed by atoms with Gasteiger partial charge in [0.25, 0.3) is 11.1 Å². The maximum Gasteiger partial charge on any atom is 0.298 e. The molecule has 0 N–H and O–H groups in total. The van der Waals surface area contributed by atoms with Gasteiger partial charge in [0.05, 0.1) is 10.6 Å². The van der Waals surface area contributed by atoms with Crippen molar-refractivity contribution in [3.05, 3.63) is 64.1 Å². The molecule has 0 aliphatic carbocycles. The molecule has 2 aromatic rings. The van der Waals surface area contributed by atoms with E-state index in [1.54, 1.807) is 12.1 Å². The molecule has 31 heavy (non-hydrogen) atoms. The number of imide groups is 1. The lowest BCUT2D eigenvalue weighted by Gasteiger charge is -2.50. The van der Waals surface area contributed by atoms with Gasteiger partial charge in [0.15, 0.2) is 0 Å². The molecular formula is C26H30N2O2S. The second kappa shape index (κ2) is 7.86. The number of benzene rings is 2. The normalized spacial score (nSPS) is 21.9. The zero-order chi connectivity index (χ0) is 22.5. The maximum absolute atomic E-state index is 13.0. The van der Waals surface area contributed by atoms with Crippen LogP contribution in [0.15, 0.2) is 47.4 Å². The minimum Gasteiger partial charge on any atom is -0.364 e. The lowest BCUT2D eigenvalue weighted by molar-refractivity contribution is -0.113. The van der Waals surface area contributed by atoms with E-state index >= 15 is 0 Å². The van der Waals surface area contributed by atoms with E-state index in [1.165, 1.54) is 16.2 Å². The first-order chi connectivity index (χ1) is 14.6. The molecule has 0 radical (unpaired) electrons. The monoisotopic (exact) mass is 434 g/mol. The second-order valence-electron chi connectivity index (χ2n) is 9.50. The van der Waals surface area contributed by atoms with Crippen molar-refractivity contribution in [3.8, 4) is 0 Å². The van der Waals surface area contributed by atoms with Crippen molar-refractivity contribution in [2.45, 2.75) is 65.5 Å². The van der Waals surface area contributed by atoms with Crippen LogP contribution in [0.25, 0.3) is 6.08 Å². The summed E-state index contributed by atoms with van der Waals surface area (Å²) in [6.45, 7) is 13.5. The molecule has 2 aliphatic heterocycles. The fourth-order valence-corrected chi connectivity index (χ4v) is 5.99. The Hall–Kier alpha value is -2.53. The molecule has 1 fully saturated rings. The summed E-state index contributed by atoms with van der Waals surface area (Å²) in [6.07, 6.45) is 2.96. The second-order valence-corrected chi connectivity index (χ2v) is 10.5. The molecule has 5 heteroatoms. The first-order valence-electron chi connectivity index (χ1n) is 10.9. The predicted octanol–water partition coefficient (Wildman–Crippen LogP) is 6.74. The molecule has 0 saturated carbocycles. The van der Waals surface area contributed by atoms with Crippen molar-refractivity contribution in [1.29, 1.82) is 0 Å². The van der Waals surface area contributed by atoms with E-state index in [0.717, 1.165) is 29.3 Å². The SMILES string of the molecule is Cc1cc2c(cc1/C=C1\SC(=O)N(c3ccccc3)C1=O)[C@H](C)CC(C)(C)N2C(C)C. The Balaban J connectivity index is 1.74. The highest BCUT2D eigenvalue weighted by Crippen LogP contribution is 2.46. The summed E-state index contributed by atoms with van der Waals surface area (Å²) in [6, 6.07) is 14.0. The van der Waals surface area contributed by atoms with Gasteiger partial charge >= 0.3 is 0 Å². The van der Waals surface area contributed by atoms with Gasteiger partial charge in [0, 0.05) is 17.3 Å². The van der Waals surface area contributed by atoms with Crippen LogP contribution in [0.2, 0.25) is 0 Å². The Morgan fingerprint density at radius 2 is 1.81 bits per heavy atom. The fourth-order valence-electron chi connectivity index (χ4n) is 5.16. The molecule has 2 heterocycles. The Bertz CT molecular complexity index is 1070. The molecule has 2 amide bonds. The summed E-state index contributed by atoms with van der Waals surface area (Å²) in [4.78, 5) is 29.8. The summed E-state index contributed by atoms with van der Waals surface area (Å²) >= 11 is 1.01. The van der Waals surface area contributed by atoms with Crippen molar-refractivity contribution in [2.24, 2.45) is 0 Å². The van der Waals surface area contributed by atoms with Gasteiger partial charge in [-0.1, -0.05) is 25.1 Å². The molecule has 2 aromatic carbocycles. The topological polar surface area (TPSA) is 40.6 Å². The van der Waals surface area contributed by atoms with E-state index in [9.17, 15) is 9.59 Å². The van der Waals surface area contributed by atoms with Crippen molar-refractivity contribution in [1.82, 2.24) is 0 Å². The van der Waals surface area contributed by atoms with Gasteiger partial charge < -0.3 is 4.90 Å². The lowest BCUT2D eigenvalue weighted by atomic mass is 9.78. The third kappa shape index (κ3) is 3.80.